The van der Waals surface area contributed by atoms with Gasteiger partial charge in [0.25, 0.3) is 5.91 Å². The average Bonchev–Trinajstić information content (AvgIpc) is 2.89. The number of nitrogens with one attached hydrogen (secondary N) is 1. The van der Waals surface area contributed by atoms with Crippen molar-refractivity contribution in [2.75, 3.05) is 6.54 Å². The number of fused-ring (bicyclic) bond motifs is 1. The molecule has 0 spiro atoms. The van der Waals surface area contributed by atoms with Gasteiger partial charge in [0.15, 0.2) is 0 Å². The fourth-order valence-corrected chi connectivity index (χ4v) is 5.04. The molecule has 5 heteroatoms. The van der Waals surface area contributed by atoms with E-state index in [9.17, 15) is 15.0 Å². The van der Waals surface area contributed by atoms with Crippen LogP contribution in [0.2, 0.25) is 5.02 Å². The summed E-state index contributed by atoms with van der Waals surface area (Å²) in [5.74, 6) is 0.132. The van der Waals surface area contributed by atoms with Crippen LogP contribution in [-0.2, 0) is 16.8 Å². The van der Waals surface area contributed by atoms with Crippen LogP contribution in [0.3, 0.4) is 0 Å². The smallest absolute Gasteiger partial charge is 0.252 e. The first-order valence-corrected chi connectivity index (χ1v) is 10.1. The monoisotopic (exact) mass is 379 g/mol. The van der Waals surface area contributed by atoms with Crippen LogP contribution in [0.4, 0.5) is 0 Å². The van der Waals surface area contributed by atoms with E-state index in [4.69, 9.17) is 11.6 Å². The quantitative estimate of drug-likeness (QED) is 0.750. The highest BCUT2D eigenvalue weighted by atomic mass is 35.5. The Bertz CT molecular complexity index is 692. The summed E-state index contributed by atoms with van der Waals surface area (Å²) < 4.78 is 0. The van der Waals surface area contributed by atoms with Crippen LogP contribution >= 0.6 is 11.6 Å². The van der Waals surface area contributed by atoms with Crippen LogP contribution in [0.5, 0.6) is 0 Å². The number of aryl methyl sites for hydroxylation is 1. The first kappa shape index (κ1) is 19.7. The topological polar surface area (TPSA) is 69.6 Å². The van der Waals surface area contributed by atoms with E-state index >= 15 is 0 Å². The molecule has 1 aromatic rings. The summed E-state index contributed by atoms with van der Waals surface area (Å²) in [5.41, 5.74) is -0.636. The first-order chi connectivity index (χ1) is 12.2. The molecule has 144 valence electrons. The number of carbonyl (C=O) groups excluding carboxylic acids is 1. The molecule has 1 amide bonds. The average molecular weight is 380 g/mol. The molecule has 0 saturated heterocycles. The number of benzene rings is 1. The van der Waals surface area contributed by atoms with Crippen LogP contribution < -0.4 is 5.32 Å². The van der Waals surface area contributed by atoms with Gasteiger partial charge in [-0.05, 0) is 66.7 Å². The lowest BCUT2D eigenvalue weighted by atomic mass is 9.66. The molecule has 0 radical (unpaired) electrons. The molecule has 0 bridgehead atoms. The van der Waals surface area contributed by atoms with Gasteiger partial charge in [0.05, 0.1) is 6.54 Å². The molecule has 3 rings (SSSR count). The summed E-state index contributed by atoms with van der Waals surface area (Å²) in [5, 5.41) is 25.7. The molecule has 3 N–H and O–H groups in total. The maximum atomic E-state index is 13.0. The predicted octanol–water partition coefficient (Wildman–Crippen LogP) is 3.41. The van der Waals surface area contributed by atoms with E-state index in [2.05, 4.69) is 26.1 Å². The molecule has 3 unspecified atom stereocenters. The van der Waals surface area contributed by atoms with Crippen molar-refractivity contribution in [3.8, 4) is 0 Å². The van der Waals surface area contributed by atoms with Gasteiger partial charge in [-0.2, -0.15) is 0 Å². The van der Waals surface area contributed by atoms with E-state index in [1.165, 1.54) is 0 Å². The van der Waals surface area contributed by atoms with Crippen molar-refractivity contribution in [2.45, 2.75) is 64.1 Å². The Labute approximate surface area is 160 Å². The van der Waals surface area contributed by atoms with Crippen LogP contribution in [0.25, 0.3) is 0 Å². The lowest BCUT2D eigenvalue weighted by Crippen LogP contribution is -2.57. The van der Waals surface area contributed by atoms with Crippen molar-refractivity contribution in [3.05, 3.63) is 34.3 Å². The van der Waals surface area contributed by atoms with Gasteiger partial charge >= 0.3 is 0 Å². The van der Waals surface area contributed by atoms with Crippen LogP contribution in [0.15, 0.2) is 18.2 Å². The van der Waals surface area contributed by atoms with E-state index in [-0.39, 0.29) is 24.3 Å². The third-order valence-electron chi connectivity index (χ3n) is 6.36. The van der Waals surface area contributed by atoms with Gasteiger partial charge in [-0.3, -0.25) is 4.79 Å². The van der Waals surface area contributed by atoms with Crippen molar-refractivity contribution >= 4 is 17.5 Å². The first-order valence-electron chi connectivity index (χ1n) is 9.67. The molecule has 2 aliphatic carbocycles. The highest BCUT2D eigenvalue weighted by Crippen LogP contribution is 2.42. The maximum absolute atomic E-state index is 13.0. The standard InChI is InChI=1S/C21H30ClNO3/c1-13(2)17-7-4-14(3)11-21(17,26)19(24)23-12-20(25)9-8-15-5-6-16(22)10-18(15)20/h5-6,10,13-14,17,25-26H,4,7-9,11-12H2,1-3H3,(H,23,24)/t14?,17?,20?,21-/m1/s1. The van der Waals surface area contributed by atoms with E-state index in [0.29, 0.717) is 23.8 Å². The summed E-state index contributed by atoms with van der Waals surface area (Å²) in [6, 6.07) is 5.54. The Hall–Kier alpha value is -1.10. The Balaban J connectivity index is 1.75. The second-order valence-electron chi connectivity index (χ2n) is 8.68. The molecule has 1 saturated carbocycles. The zero-order valence-electron chi connectivity index (χ0n) is 15.9. The molecule has 2 aliphatic rings. The van der Waals surface area contributed by atoms with Gasteiger partial charge in [-0.15, -0.1) is 0 Å². The third-order valence-corrected chi connectivity index (χ3v) is 6.60. The lowest BCUT2D eigenvalue weighted by Gasteiger charge is -2.43. The zero-order valence-corrected chi connectivity index (χ0v) is 16.6. The normalized spacial score (nSPS) is 34.0. The number of hydrogen-bond acceptors (Lipinski definition) is 3. The van der Waals surface area contributed by atoms with Gasteiger partial charge in [-0.25, -0.2) is 0 Å². The van der Waals surface area contributed by atoms with Gasteiger partial charge in [0.2, 0.25) is 0 Å². The summed E-state index contributed by atoms with van der Waals surface area (Å²) in [6.07, 6.45) is 3.67. The minimum Gasteiger partial charge on any atom is -0.383 e. The number of rotatable bonds is 4. The van der Waals surface area contributed by atoms with E-state index in [1.54, 1.807) is 6.07 Å². The van der Waals surface area contributed by atoms with Gasteiger partial charge in [0, 0.05) is 5.02 Å². The molecule has 1 fully saturated rings. The second-order valence-corrected chi connectivity index (χ2v) is 9.11. The van der Waals surface area contributed by atoms with Crippen molar-refractivity contribution in [2.24, 2.45) is 17.8 Å². The number of hydrogen-bond donors (Lipinski definition) is 3. The highest BCUT2D eigenvalue weighted by molar-refractivity contribution is 6.30. The molecule has 0 heterocycles. The Morgan fingerprint density at radius 2 is 2.08 bits per heavy atom. The largest absolute Gasteiger partial charge is 0.383 e. The molecular formula is C21H30ClNO3. The summed E-state index contributed by atoms with van der Waals surface area (Å²) in [7, 11) is 0. The Kier molecular flexibility index (Phi) is 5.40. The summed E-state index contributed by atoms with van der Waals surface area (Å²) in [4.78, 5) is 13.0. The third kappa shape index (κ3) is 3.51. The summed E-state index contributed by atoms with van der Waals surface area (Å²) in [6.45, 7) is 6.29. The molecule has 0 aliphatic heterocycles. The van der Waals surface area contributed by atoms with Crippen molar-refractivity contribution < 1.29 is 15.0 Å². The fourth-order valence-electron chi connectivity index (χ4n) is 4.87. The Morgan fingerprint density at radius 3 is 2.77 bits per heavy atom. The minimum atomic E-state index is -1.36. The highest BCUT2D eigenvalue weighted by Gasteiger charge is 2.49. The molecule has 0 aromatic heterocycles. The molecule has 4 nitrogen and oxygen atoms in total. The van der Waals surface area contributed by atoms with E-state index < -0.39 is 11.2 Å². The SMILES string of the molecule is CC1CCC(C(C)C)[C@@](O)(C(=O)NCC2(O)CCc3ccc(Cl)cc32)C1. The molecule has 4 atom stereocenters. The molecule has 26 heavy (non-hydrogen) atoms. The lowest BCUT2D eigenvalue weighted by molar-refractivity contribution is -0.157. The van der Waals surface area contributed by atoms with Crippen molar-refractivity contribution in [1.82, 2.24) is 5.32 Å². The second kappa shape index (κ2) is 7.14. The zero-order chi connectivity index (χ0) is 19.1. The number of halogens is 1. The van der Waals surface area contributed by atoms with Gasteiger partial charge in [0.1, 0.15) is 11.2 Å². The maximum Gasteiger partial charge on any atom is 0.252 e. The predicted molar refractivity (Wildman–Crippen MR) is 103 cm³/mol. The van der Waals surface area contributed by atoms with Gasteiger partial charge < -0.3 is 15.5 Å². The number of aliphatic hydroxyl groups is 2. The fraction of sp³-hybridized carbons (Fsp3) is 0.667. The number of amides is 1. The van der Waals surface area contributed by atoms with Crippen molar-refractivity contribution in [3.63, 3.8) is 0 Å². The van der Waals surface area contributed by atoms with E-state index in [0.717, 1.165) is 30.4 Å². The van der Waals surface area contributed by atoms with Crippen LogP contribution in [0.1, 0.15) is 57.6 Å². The molecule has 1 aromatic carbocycles. The van der Waals surface area contributed by atoms with Crippen LogP contribution in [0, 0.1) is 17.8 Å². The van der Waals surface area contributed by atoms with Gasteiger partial charge in [-0.1, -0.05) is 44.9 Å². The van der Waals surface area contributed by atoms with Crippen LogP contribution in [-0.4, -0.2) is 28.3 Å². The Morgan fingerprint density at radius 1 is 1.35 bits per heavy atom. The minimum absolute atomic E-state index is 0.0568. The molecular weight excluding hydrogens is 350 g/mol. The van der Waals surface area contributed by atoms with E-state index in [1.807, 2.05) is 12.1 Å². The number of carbonyl (C=O) groups is 1. The summed E-state index contributed by atoms with van der Waals surface area (Å²) >= 11 is 6.09. The van der Waals surface area contributed by atoms with Crippen molar-refractivity contribution in [1.29, 1.82) is 0 Å².